The van der Waals surface area contributed by atoms with E-state index in [1.165, 1.54) is 6.07 Å². The van der Waals surface area contributed by atoms with Gasteiger partial charge in [-0.25, -0.2) is 8.78 Å². The molecular weight excluding hydrogens is 554 g/mol. The number of hydrogen-bond acceptors (Lipinski definition) is 5. The average Bonchev–Trinajstić information content (AvgIpc) is 3.21. The number of nitrogens with zero attached hydrogens (tertiary/aromatic N) is 2. The molecule has 6 atom stereocenters. The van der Waals surface area contributed by atoms with Crippen LogP contribution < -0.4 is 10.6 Å². The molecule has 0 aromatic heterocycles. The molecule has 3 aliphatic heterocycles. The van der Waals surface area contributed by atoms with Crippen LogP contribution in [0.25, 0.3) is 11.1 Å². The van der Waals surface area contributed by atoms with Gasteiger partial charge < -0.3 is 20.6 Å². The maximum atomic E-state index is 15.3. The second-order valence-corrected chi connectivity index (χ2v) is 11.9. The fraction of sp³-hybridized carbons (Fsp3) is 0.467. The van der Waals surface area contributed by atoms with E-state index in [0.29, 0.717) is 24.1 Å². The summed E-state index contributed by atoms with van der Waals surface area (Å²) in [6.45, 7) is 0.538. The fourth-order valence-corrected chi connectivity index (χ4v) is 7.36. The van der Waals surface area contributed by atoms with Crippen molar-refractivity contribution in [1.82, 2.24) is 15.5 Å². The predicted octanol–water partition coefficient (Wildman–Crippen LogP) is 3.50. The number of halogens is 3. The van der Waals surface area contributed by atoms with Crippen molar-refractivity contribution in [2.75, 3.05) is 6.54 Å². The number of rotatable bonds is 5. The van der Waals surface area contributed by atoms with Gasteiger partial charge in [-0.3, -0.25) is 14.4 Å². The summed E-state index contributed by atoms with van der Waals surface area (Å²) in [5, 5.41) is 27.6. The maximum absolute atomic E-state index is 15.3. The number of nitriles is 1. The highest BCUT2D eigenvalue weighted by Crippen LogP contribution is 2.54. The number of hydrogen-bond donors (Lipinski definition) is 3. The molecular formula is C30H29ClF2N4O4. The van der Waals surface area contributed by atoms with Crippen LogP contribution in [0.5, 0.6) is 0 Å². The van der Waals surface area contributed by atoms with Crippen molar-refractivity contribution in [3.05, 3.63) is 58.6 Å². The third-order valence-corrected chi connectivity index (χ3v) is 9.35. The lowest BCUT2D eigenvalue weighted by Crippen LogP contribution is -2.70. The summed E-state index contributed by atoms with van der Waals surface area (Å²) in [5.74, 6) is -7.19. The molecule has 4 fully saturated rings. The Morgan fingerprint density at radius 1 is 1.17 bits per heavy atom. The molecule has 2 aromatic rings. The van der Waals surface area contributed by atoms with Gasteiger partial charge in [0, 0.05) is 41.1 Å². The zero-order valence-corrected chi connectivity index (χ0v) is 22.8. The molecule has 3 heterocycles. The molecule has 41 heavy (non-hydrogen) atoms. The smallest absolute Gasteiger partial charge is 0.264 e. The topological polar surface area (TPSA) is 123 Å². The number of amides is 3. The normalized spacial score (nSPS) is 30.0. The molecule has 3 N–H and O–H groups in total. The average molecular weight is 583 g/mol. The van der Waals surface area contributed by atoms with Gasteiger partial charge in [0.15, 0.2) is 5.60 Å². The highest BCUT2D eigenvalue weighted by molar-refractivity contribution is 6.31. The summed E-state index contributed by atoms with van der Waals surface area (Å²) in [7, 11) is 0. The van der Waals surface area contributed by atoms with Crippen LogP contribution in [-0.4, -0.2) is 58.3 Å². The number of benzene rings is 2. The number of carbonyl (C=O) groups is 3. The minimum Gasteiger partial charge on any atom is -0.372 e. The third-order valence-electron chi connectivity index (χ3n) is 9.12. The van der Waals surface area contributed by atoms with Gasteiger partial charge in [0.1, 0.15) is 12.1 Å². The summed E-state index contributed by atoms with van der Waals surface area (Å²) in [6.07, 6.45) is 0.943. The van der Waals surface area contributed by atoms with Crippen LogP contribution in [0, 0.1) is 23.2 Å². The Morgan fingerprint density at radius 3 is 2.66 bits per heavy atom. The first-order valence-electron chi connectivity index (χ1n) is 13.9. The van der Waals surface area contributed by atoms with E-state index < -0.39 is 59.7 Å². The molecule has 1 saturated carbocycles. The van der Waals surface area contributed by atoms with Gasteiger partial charge in [-0.15, -0.1) is 0 Å². The number of fused-ring (bicyclic) bond motifs is 6. The monoisotopic (exact) mass is 582 g/mol. The summed E-state index contributed by atoms with van der Waals surface area (Å²) in [4.78, 5) is 41.6. The molecule has 1 unspecified atom stereocenters. The van der Waals surface area contributed by atoms with Crippen molar-refractivity contribution >= 4 is 29.3 Å². The lowest BCUT2D eigenvalue weighted by atomic mass is 9.70. The van der Waals surface area contributed by atoms with Gasteiger partial charge in [-0.2, -0.15) is 5.26 Å². The van der Waals surface area contributed by atoms with Crippen molar-refractivity contribution in [3.63, 3.8) is 0 Å². The SMILES string of the molecule is N#C[C@@H](C[C@H]1CCCNC1=O)NC(=O)[C@@H]1[C@@H]2CC[C@@H](CC2(F)F)N1C(=O)C1(O)c2ccccc2-c2ccc(Cl)cc21. The zero-order valence-electron chi connectivity index (χ0n) is 22.1. The van der Waals surface area contributed by atoms with Crippen molar-refractivity contribution in [2.45, 2.75) is 68.2 Å². The van der Waals surface area contributed by atoms with Gasteiger partial charge in [0.25, 0.3) is 11.8 Å². The molecule has 3 amide bonds. The molecule has 11 heteroatoms. The van der Waals surface area contributed by atoms with E-state index in [0.717, 1.165) is 11.3 Å². The molecule has 5 aliphatic rings. The van der Waals surface area contributed by atoms with Gasteiger partial charge in [-0.05, 0) is 55.4 Å². The van der Waals surface area contributed by atoms with Crippen LogP contribution in [0.4, 0.5) is 8.78 Å². The highest BCUT2D eigenvalue weighted by atomic mass is 35.5. The van der Waals surface area contributed by atoms with Crippen LogP contribution in [-0.2, 0) is 20.0 Å². The van der Waals surface area contributed by atoms with Crippen LogP contribution in [0.15, 0.2) is 42.5 Å². The van der Waals surface area contributed by atoms with E-state index in [2.05, 4.69) is 10.6 Å². The highest BCUT2D eigenvalue weighted by Gasteiger charge is 2.63. The minimum absolute atomic E-state index is 0.0131. The molecule has 2 aliphatic carbocycles. The Morgan fingerprint density at radius 2 is 1.93 bits per heavy atom. The van der Waals surface area contributed by atoms with E-state index in [1.807, 2.05) is 6.07 Å². The van der Waals surface area contributed by atoms with E-state index in [1.54, 1.807) is 36.4 Å². The first kappa shape index (κ1) is 27.6. The lowest BCUT2D eigenvalue weighted by Gasteiger charge is -2.54. The first-order chi connectivity index (χ1) is 19.6. The first-order valence-corrected chi connectivity index (χ1v) is 14.2. The number of aliphatic hydroxyl groups is 1. The van der Waals surface area contributed by atoms with Crippen molar-refractivity contribution < 1.29 is 28.3 Å². The van der Waals surface area contributed by atoms with E-state index >= 15 is 8.78 Å². The van der Waals surface area contributed by atoms with Crippen LogP contribution >= 0.6 is 11.6 Å². The number of alkyl halides is 2. The van der Waals surface area contributed by atoms with Gasteiger partial charge in [0.2, 0.25) is 11.8 Å². The molecule has 214 valence electrons. The van der Waals surface area contributed by atoms with Gasteiger partial charge >= 0.3 is 0 Å². The Balaban J connectivity index is 1.36. The van der Waals surface area contributed by atoms with Crippen molar-refractivity contribution in [3.8, 4) is 17.2 Å². The summed E-state index contributed by atoms with van der Waals surface area (Å²) in [5.41, 5.74) is -0.546. The Labute approximate surface area is 240 Å². The van der Waals surface area contributed by atoms with Gasteiger partial charge in [0.05, 0.1) is 12.0 Å². The maximum Gasteiger partial charge on any atom is 0.264 e. The standard InChI is InChI=1S/C30H29ClF2N4O4/c31-17-7-9-21-20-5-1-2-6-22(20)30(41,24(21)13-17)28(40)37-19-8-10-23(29(32,33)14-19)25(37)27(39)36-18(15-34)12-16-4-3-11-35-26(16)38/h1-2,5-7,9,13,16,18-19,23,25,41H,3-4,8,10-12,14H2,(H,35,38)(H,36,39)/t16-,18-,19+,23+,25+,30?/m1/s1. The van der Waals surface area contributed by atoms with Crippen LogP contribution in [0.1, 0.15) is 49.7 Å². The predicted molar refractivity (Wildman–Crippen MR) is 144 cm³/mol. The Kier molecular flexibility index (Phi) is 6.78. The summed E-state index contributed by atoms with van der Waals surface area (Å²) >= 11 is 6.27. The molecule has 0 radical (unpaired) electrons. The van der Waals surface area contributed by atoms with E-state index in [-0.39, 0.29) is 41.3 Å². The van der Waals surface area contributed by atoms with Crippen molar-refractivity contribution in [2.24, 2.45) is 11.8 Å². The Hall–Kier alpha value is -3.55. The van der Waals surface area contributed by atoms with Crippen molar-refractivity contribution in [1.29, 1.82) is 5.26 Å². The molecule has 2 bridgehead atoms. The quantitative estimate of drug-likeness (QED) is 0.498. The molecule has 3 saturated heterocycles. The number of carbonyl (C=O) groups excluding carboxylic acids is 3. The second kappa shape index (κ2) is 10.1. The second-order valence-electron chi connectivity index (χ2n) is 11.5. The molecule has 7 rings (SSSR count). The number of piperidine rings is 3. The summed E-state index contributed by atoms with van der Waals surface area (Å²) < 4.78 is 30.6. The van der Waals surface area contributed by atoms with E-state index in [9.17, 15) is 24.8 Å². The van der Waals surface area contributed by atoms with Crippen LogP contribution in [0.3, 0.4) is 0 Å². The molecule has 2 aromatic carbocycles. The number of nitrogens with one attached hydrogen (secondary N) is 2. The molecule has 0 spiro atoms. The Bertz CT molecular complexity index is 1480. The summed E-state index contributed by atoms with van der Waals surface area (Å²) in [6, 6.07) is 9.88. The van der Waals surface area contributed by atoms with Crippen LogP contribution in [0.2, 0.25) is 5.02 Å². The van der Waals surface area contributed by atoms with Gasteiger partial charge in [-0.1, -0.05) is 41.9 Å². The minimum atomic E-state index is -3.22. The fourth-order valence-electron chi connectivity index (χ4n) is 7.19. The third kappa shape index (κ3) is 4.37. The zero-order chi connectivity index (χ0) is 29.1. The van der Waals surface area contributed by atoms with E-state index in [4.69, 9.17) is 11.6 Å². The largest absolute Gasteiger partial charge is 0.372 e. The lowest BCUT2D eigenvalue weighted by molar-refractivity contribution is -0.201. The molecule has 8 nitrogen and oxygen atoms in total.